The Bertz CT molecular complexity index is 968. The zero-order chi connectivity index (χ0) is 22.6. The second-order valence-electron chi connectivity index (χ2n) is 7.22. The van der Waals surface area contributed by atoms with Gasteiger partial charge in [0.05, 0.1) is 21.4 Å². The molecule has 1 atom stereocenters. The third-order valence-electron chi connectivity index (χ3n) is 5.38. The first-order chi connectivity index (χ1) is 14.8. The molecule has 0 saturated heterocycles. The highest BCUT2D eigenvalue weighted by atomic mass is 35.5. The predicted molar refractivity (Wildman–Crippen MR) is 124 cm³/mol. The number of hydrogen-bond donors (Lipinski definition) is 3. The van der Waals surface area contributed by atoms with Gasteiger partial charge in [-0.05, 0) is 50.3 Å². The van der Waals surface area contributed by atoms with Gasteiger partial charge >= 0.3 is 6.03 Å². The number of para-hydroxylation sites is 1. The van der Waals surface area contributed by atoms with E-state index >= 15 is 0 Å². The third kappa shape index (κ3) is 4.65. The molecule has 0 aromatic heterocycles. The van der Waals surface area contributed by atoms with Crippen molar-refractivity contribution in [3.05, 3.63) is 58.1 Å². The minimum absolute atomic E-state index is 0.202. The molecule has 0 aliphatic carbocycles. The lowest BCUT2D eigenvalue weighted by Crippen LogP contribution is -2.62. The van der Waals surface area contributed by atoms with Crippen LogP contribution >= 0.6 is 23.2 Å². The molecule has 2 aromatic rings. The summed E-state index contributed by atoms with van der Waals surface area (Å²) in [5.41, 5.74) is -1.39. The number of halogens is 2. The number of rotatable bonds is 8. The molecule has 3 amide bonds. The average molecular weight is 465 g/mol. The van der Waals surface area contributed by atoms with Crippen molar-refractivity contribution in [2.75, 3.05) is 36.4 Å². The van der Waals surface area contributed by atoms with Gasteiger partial charge in [-0.3, -0.25) is 9.69 Å². The van der Waals surface area contributed by atoms with Crippen molar-refractivity contribution in [1.82, 2.24) is 10.2 Å². The number of benzene rings is 2. The fraction of sp³-hybridized carbons (Fsp3) is 0.364. The van der Waals surface area contributed by atoms with Crippen LogP contribution in [0.5, 0.6) is 0 Å². The number of carbonyl (C=O) groups is 2. The summed E-state index contributed by atoms with van der Waals surface area (Å²) in [7, 11) is 0. The van der Waals surface area contributed by atoms with Gasteiger partial charge in [-0.15, -0.1) is 0 Å². The van der Waals surface area contributed by atoms with Crippen molar-refractivity contribution in [2.24, 2.45) is 0 Å². The molecule has 2 aromatic carbocycles. The van der Waals surface area contributed by atoms with Crippen LogP contribution in [0.2, 0.25) is 10.0 Å². The first-order valence-electron chi connectivity index (χ1n) is 10.2. The summed E-state index contributed by atoms with van der Waals surface area (Å²) in [6, 6.07) is 10.5. The van der Waals surface area contributed by atoms with E-state index < -0.39 is 17.7 Å². The molecule has 0 bridgehead atoms. The monoisotopic (exact) mass is 464 g/mol. The maximum absolute atomic E-state index is 13.3. The highest BCUT2D eigenvalue weighted by Crippen LogP contribution is 2.41. The third-order valence-corrected chi connectivity index (χ3v) is 6.12. The van der Waals surface area contributed by atoms with Crippen LogP contribution in [0.3, 0.4) is 0 Å². The Kier molecular flexibility index (Phi) is 7.43. The number of aliphatic hydroxyl groups is 1. The van der Waals surface area contributed by atoms with Gasteiger partial charge in [-0.2, -0.15) is 0 Å². The van der Waals surface area contributed by atoms with Gasteiger partial charge < -0.3 is 20.6 Å². The van der Waals surface area contributed by atoms with Gasteiger partial charge in [0.1, 0.15) is 0 Å². The molecule has 0 unspecified atom stereocenters. The summed E-state index contributed by atoms with van der Waals surface area (Å²) in [5.74, 6) is -0.694. The molecule has 9 heteroatoms. The minimum Gasteiger partial charge on any atom is -0.359 e. The van der Waals surface area contributed by atoms with Gasteiger partial charge in [0.25, 0.3) is 11.6 Å². The number of hydrogen-bond acceptors (Lipinski definition) is 4. The molecule has 0 fully saturated rings. The summed E-state index contributed by atoms with van der Waals surface area (Å²) < 4.78 is 0. The number of amides is 3. The first-order valence-corrected chi connectivity index (χ1v) is 11.0. The summed E-state index contributed by atoms with van der Waals surface area (Å²) in [4.78, 5) is 29.5. The Labute approximate surface area is 191 Å². The van der Waals surface area contributed by atoms with E-state index in [1.54, 1.807) is 24.3 Å². The van der Waals surface area contributed by atoms with Crippen LogP contribution < -0.4 is 15.5 Å². The van der Waals surface area contributed by atoms with Crippen LogP contribution in [0, 0.1) is 0 Å². The van der Waals surface area contributed by atoms with E-state index in [9.17, 15) is 14.7 Å². The van der Waals surface area contributed by atoms with Crippen LogP contribution in [0.15, 0.2) is 42.5 Å². The fourth-order valence-corrected chi connectivity index (χ4v) is 3.95. The Hall–Kier alpha value is -2.32. The van der Waals surface area contributed by atoms with Crippen molar-refractivity contribution in [2.45, 2.75) is 26.0 Å². The molecule has 1 heterocycles. The lowest BCUT2D eigenvalue weighted by molar-refractivity contribution is -0.140. The van der Waals surface area contributed by atoms with E-state index in [2.05, 4.69) is 29.4 Å². The molecule has 166 valence electrons. The van der Waals surface area contributed by atoms with E-state index in [4.69, 9.17) is 23.2 Å². The quantitative estimate of drug-likeness (QED) is 0.514. The van der Waals surface area contributed by atoms with Crippen molar-refractivity contribution in [1.29, 1.82) is 0 Å². The van der Waals surface area contributed by atoms with E-state index in [0.717, 1.165) is 24.5 Å². The van der Waals surface area contributed by atoms with Crippen LogP contribution in [0.4, 0.5) is 16.2 Å². The average Bonchev–Trinajstić information content (AvgIpc) is 2.76. The van der Waals surface area contributed by atoms with E-state index in [1.165, 1.54) is 18.2 Å². The molecule has 0 radical (unpaired) electrons. The highest BCUT2D eigenvalue weighted by Gasteiger charge is 2.51. The normalized spacial score (nSPS) is 18.0. The zero-order valence-electron chi connectivity index (χ0n) is 17.5. The summed E-state index contributed by atoms with van der Waals surface area (Å²) >= 11 is 12.1. The molecule has 7 nitrogen and oxygen atoms in total. The minimum atomic E-state index is -2.26. The molecule has 1 aliphatic rings. The molecule has 0 saturated carbocycles. The van der Waals surface area contributed by atoms with Crippen LogP contribution in [0.25, 0.3) is 0 Å². The molecular weight excluding hydrogens is 439 g/mol. The Morgan fingerprint density at radius 1 is 1.16 bits per heavy atom. The van der Waals surface area contributed by atoms with E-state index in [1.807, 2.05) is 0 Å². The Balaban J connectivity index is 1.93. The Morgan fingerprint density at radius 2 is 1.87 bits per heavy atom. The van der Waals surface area contributed by atoms with Gasteiger partial charge in [0.2, 0.25) is 0 Å². The SMILES string of the molecule is CCN(CC)CCCNC(=O)[C@@]1(O)c2ccccc2NC(=O)N1c1ccc(Cl)c(Cl)c1. The Morgan fingerprint density at radius 3 is 2.55 bits per heavy atom. The maximum atomic E-state index is 13.3. The summed E-state index contributed by atoms with van der Waals surface area (Å²) in [6.45, 7) is 7.19. The number of urea groups is 1. The van der Waals surface area contributed by atoms with Gasteiger partial charge in [-0.1, -0.05) is 55.2 Å². The number of anilines is 2. The second kappa shape index (κ2) is 9.87. The summed E-state index contributed by atoms with van der Waals surface area (Å²) in [6.07, 6.45) is 0.712. The van der Waals surface area contributed by atoms with Crippen LogP contribution in [-0.2, 0) is 10.5 Å². The van der Waals surface area contributed by atoms with E-state index in [-0.39, 0.29) is 16.3 Å². The number of nitrogens with one attached hydrogen (secondary N) is 2. The van der Waals surface area contributed by atoms with Gasteiger partial charge in [-0.25, -0.2) is 4.79 Å². The second-order valence-corrected chi connectivity index (χ2v) is 8.03. The number of fused-ring (bicyclic) bond motifs is 1. The highest BCUT2D eigenvalue weighted by molar-refractivity contribution is 6.42. The maximum Gasteiger partial charge on any atom is 0.329 e. The zero-order valence-corrected chi connectivity index (χ0v) is 19.0. The van der Waals surface area contributed by atoms with Gasteiger partial charge in [0, 0.05) is 12.1 Å². The van der Waals surface area contributed by atoms with Gasteiger partial charge in [0.15, 0.2) is 0 Å². The first kappa shape index (κ1) is 23.3. The predicted octanol–water partition coefficient (Wildman–Crippen LogP) is 4.04. The summed E-state index contributed by atoms with van der Waals surface area (Å²) in [5, 5.41) is 17.7. The topological polar surface area (TPSA) is 84.9 Å². The van der Waals surface area contributed by atoms with Crippen LogP contribution in [-0.4, -0.2) is 48.1 Å². The lowest BCUT2D eigenvalue weighted by Gasteiger charge is -2.42. The van der Waals surface area contributed by atoms with Crippen molar-refractivity contribution >= 4 is 46.5 Å². The number of nitrogens with zero attached hydrogens (tertiary/aromatic N) is 2. The molecule has 1 aliphatic heterocycles. The van der Waals surface area contributed by atoms with Crippen LogP contribution in [0.1, 0.15) is 25.8 Å². The standard InChI is InChI=1S/C22H26Cl2N4O3/c1-3-27(4-2)13-7-12-25-20(29)22(31)16-8-5-6-9-19(16)26-21(30)28(22)15-10-11-17(23)18(24)14-15/h5-6,8-11,14,31H,3-4,7,12-13H2,1-2H3,(H,25,29)(H,26,30)/t22-/m0/s1. The van der Waals surface area contributed by atoms with Crippen molar-refractivity contribution < 1.29 is 14.7 Å². The van der Waals surface area contributed by atoms with E-state index in [0.29, 0.717) is 23.7 Å². The van der Waals surface area contributed by atoms with Crippen molar-refractivity contribution in [3.8, 4) is 0 Å². The molecule has 31 heavy (non-hydrogen) atoms. The molecular formula is C22H26Cl2N4O3. The largest absolute Gasteiger partial charge is 0.359 e. The molecule has 3 N–H and O–H groups in total. The fourth-order valence-electron chi connectivity index (χ4n) is 3.65. The molecule has 0 spiro atoms. The molecule has 3 rings (SSSR count). The number of carbonyl (C=O) groups excluding carboxylic acids is 2. The lowest BCUT2D eigenvalue weighted by atomic mass is 9.94. The smallest absolute Gasteiger partial charge is 0.329 e. The van der Waals surface area contributed by atoms with Crippen molar-refractivity contribution in [3.63, 3.8) is 0 Å².